The van der Waals surface area contributed by atoms with Gasteiger partial charge in [0.25, 0.3) is 0 Å². The third-order valence-corrected chi connectivity index (χ3v) is 10.2. The quantitative estimate of drug-likeness (QED) is 0.395. The number of fused-ring (bicyclic) bond motifs is 1. The fourth-order valence-electron chi connectivity index (χ4n) is 2.32. The van der Waals surface area contributed by atoms with Crippen molar-refractivity contribution in [3.63, 3.8) is 0 Å². The zero-order valence-electron chi connectivity index (χ0n) is 16.5. The number of aryl methyl sites for hydroxylation is 1. The number of halogens is 1. The molecule has 2 aromatic rings. The number of rotatable bonds is 6. The van der Waals surface area contributed by atoms with E-state index in [4.69, 9.17) is 9.16 Å². The highest BCUT2D eigenvalue weighted by Gasteiger charge is 2.37. The molecule has 3 nitrogen and oxygen atoms in total. The maximum Gasteiger partial charge on any atom is 0.192 e. The number of hydrogen-bond donors (Lipinski definition) is 0. The molecule has 0 atom stereocenters. The second-order valence-corrected chi connectivity index (χ2v) is 14.0. The minimum absolute atomic E-state index is 0.212. The van der Waals surface area contributed by atoms with Crippen LogP contribution >= 0.6 is 15.9 Å². The molecule has 2 rings (SSSR count). The van der Waals surface area contributed by atoms with Crippen LogP contribution in [0, 0.1) is 0 Å². The lowest BCUT2D eigenvalue weighted by Gasteiger charge is -2.36. The number of benzene rings is 1. The van der Waals surface area contributed by atoms with Gasteiger partial charge in [-0.2, -0.15) is 0 Å². The van der Waals surface area contributed by atoms with Gasteiger partial charge in [0.2, 0.25) is 0 Å². The van der Waals surface area contributed by atoms with Crippen molar-refractivity contribution in [2.24, 2.45) is 7.05 Å². The van der Waals surface area contributed by atoms with E-state index >= 15 is 0 Å². The molecular formula is C20H30BrNO2Si. The van der Waals surface area contributed by atoms with Gasteiger partial charge in [-0.1, -0.05) is 27.4 Å². The first-order valence-corrected chi connectivity index (χ1v) is 12.3. The molecule has 0 aliphatic heterocycles. The standard InChI is InChI=1S/C20H30BrNO2Si/c1-14(2)12-23-19-11-18-15(10-17(19)21)9-16(22(18)6)13-24-25(7,8)20(3,4)5/h9-11H,1,12-13H2,2-8H3. The largest absolute Gasteiger partial charge is 0.488 e. The summed E-state index contributed by atoms with van der Waals surface area (Å²) in [4.78, 5) is 0. The van der Waals surface area contributed by atoms with Crippen LogP contribution in [-0.4, -0.2) is 19.5 Å². The van der Waals surface area contributed by atoms with E-state index in [2.05, 4.69) is 86.2 Å². The molecule has 0 amide bonds. The molecule has 0 N–H and O–H groups in total. The van der Waals surface area contributed by atoms with Crippen molar-refractivity contribution in [3.05, 3.63) is 40.5 Å². The van der Waals surface area contributed by atoms with E-state index in [9.17, 15) is 0 Å². The summed E-state index contributed by atoms with van der Waals surface area (Å²) >= 11 is 3.61. The SMILES string of the molecule is C=C(C)COc1cc2c(cc1Br)cc(CO[Si](C)(C)C(C)(C)C)n2C. The molecule has 0 bridgehead atoms. The molecule has 0 radical (unpaired) electrons. The van der Waals surface area contributed by atoms with E-state index in [0.29, 0.717) is 13.2 Å². The van der Waals surface area contributed by atoms with Crippen molar-refractivity contribution >= 4 is 35.2 Å². The van der Waals surface area contributed by atoms with Crippen LogP contribution in [0.15, 0.2) is 34.8 Å². The Hall–Kier alpha value is -1.04. The number of hydrogen-bond acceptors (Lipinski definition) is 2. The van der Waals surface area contributed by atoms with E-state index in [-0.39, 0.29) is 5.04 Å². The number of nitrogens with zero attached hydrogens (tertiary/aromatic N) is 1. The van der Waals surface area contributed by atoms with Crippen LogP contribution in [0.3, 0.4) is 0 Å². The lowest BCUT2D eigenvalue weighted by Crippen LogP contribution is -2.40. The predicted molar refractivity (Wildman–Crippen MR) is 113 cm³/mol. The summed E-state index contributed by atoms with van der Waals surface area (Å²) in [7, 11) is 0.323. The predicted octanol–water partition coefficient (Wildman–Crippen LogP) is 6.42. The molecule has 0 saturated carbocycles. The summed E-state index contributed by atoms with van der Waals surface area (Å²) in [5.74, 6) is 0.841. The zero-order valence-corrected chi connectivity index (χ0v) is 19.1. The van der Waals surface area contributed by atoms with Gasteiger partial charge in [-0.3, -0.25) is 0 Å². The third-order valence-electron chi connectivity index (χ3n) is 5.06. The molecule has 1 aromatic heterocycles. The van der Waals surface area contributed by atoms with Crippen molar-refractivity contribution in [1.29, 1.82) is 0 Å². The highest BCUT2D eigenvalue weighted by molar-refractivity contribution is 9.10. The van der Waals surface area contributed by atoms with Gasteiger partial charge in [0, 0.05) is 24.2 Å². The van der Waals surface area contributed by atoms with Crippen molar-refractivity contribution < 1.29 is 9.16 Å². The molecule has 0 spiro atoms. The molecule has 25 heavy (non-hydrogen) atoms. The lowest BCUT2D eigenvalue weighted by atomic mass is 10.2. The Kier molecular flexibility index (Phi) is 5.91. The van der Waals surface area contributed by atoms with Crippen LogP contribution < -0.4 is 4.74 Å². The van der Waals surface area contributed by atoms with Crippen LogP contribution in [0.5, 0.6) is 5.75 Å². The monoisotopic (exact) mass is 423 g/mol. The number of ether oxygens (including phenoxy) is 1. The second kappa shape index (κ2) is 7.29. The maximum atomic E-state index is 6.39. The first-order chi connectivity index (χ1) is 11.4. The molecule has 0 unspecified atom stereocenters. The van der Waals surface area contributed by atoms with Crippen molar-refractivity contribution in [3.8, 4) is 5.75 Å². The van der Waals surface area contributed by atoms with Gasteiger partial charge >= 0.3 is 0 Å². The Balaban J connectivity index is 2.28. The van der Waals surface area contributed by atoms with Gasteiger partial charge in [0.05, 0.1) is 16.6 Å². The summed E-state index contributed by atoms with van der Waals surface area (Å²) < 4.78 is 15.4. The van der Waals surface area contributed by atoms with Crippen LogP contribution in [0.2, 0.25) is 18.1 Å². The Morgan fingerprint density at radius 1 is 1.24 bits per heavy atom. The molecular weight excluding hydrogens is 394 g/mol. The van der Waals surface area contributed by atoms with Gasteiger partial charge in [-0.25, -0.2) is 0 Å². The maximum absolute atomic E-state index is 6.39. The van der Waals surface area contributed by atoms with Gasteiger partial charge in [-0.05, 0) is 58.7 Å². The molecule has 0 aliphatic carbocycles. The minimum atomic E-state index is -1.76. The van der Waals surface area contributed by atoms with Crippen molar-refractivity contribution in [1.82, 2.24) is 4.57 Å². The Morgan fingerprint density at radius 2 is 1.88 bits per heavy atom. The molecule has 138 valence electrons. The van der Waals surface area contributed by atoms with Gasteiger partial charge in [-0.15, -0.1) is 0 Å². The van der Waals surface area contributed by atoms with E-state index in [1.807, 2.05) is 6.92 Å². The number of aromatic nitrogens is 1. The fraction of sp³-hybridized carbons (Fsp3) is 0.500. The van der Waals surface area contributed by atoms with Crippen molar-refractivity contribution in [2.45, 2.75) is 52.4 Å². The summed E-state index contributed by atoms with van der Waals surface area (Å²) in [5, 5.41) is 1.40. The summed E-state index contributed by atoms with van der Waals surface area (Å²) in [6, 6.07) is 6.40. The Morgan fingerprint density at radius 3 is 2.44 bits per heavy atom. The van der Waals surface area contributed by atoms with Gasteiger partial charge < -0.3 is 13.7 Å². The first-order valence-electron chi connectivity index (χ1n) is 8.61. The fourth-order valence-corrected chi connectivity index (χ4v) is 3.73. The molecule has 1 heterocycles. The summed E-state index contributed by atoms with van der Waals surface area (Å²) in [6.07, 6.45) is 0. The molecule has 0 aliphatic rings. The molecule has 1 aromatic carbocycles. The average molecular weight is 424 g/mol. The molecule has 0 fully saturated rings. The molecule has 0 saturated heterocycles. The third kappa shape index (κ3) is 4.57. The second-order valence-electron chi connectivity index (χ2n) is 8.33. The van der Waals surface area contributed by atoms with Gasteiger partial charge in [0.1, 0.15) is 12.4 Å². The summed E-state index contributed by atoms with van der Waals surface area (Å²) in [6.45, 7) is 18.4. The zero-order chi connectivity index (χ0) is 19.0. The normalized spacial score (nSPS) is 12.6. The Labute approximate surface area is 161 Å². The van der Waals surface area contributed by atoms with Gasteiger partial charge in [0.15, 0.2) is 8.32 Å². The minimum Gasteiger partial charge on any atom is -0.488 e. The van der Waals surface area contributed by atoms with Crippen LogP contribution in [0.1, 0.15) is 33.4 Å². The highest BCUT2D eigenvalue weighted by Crippen LogP contribution is 2.38. The van der Waals surface area contributed by atoms with Crippen molar-refractivity contribution in [2.75, 3.05) is 6.61 Å². The van der Waals surface area contributed by atoms with Crippen LogP contribution in [0.25, 0.3) is 10.9 Å². The van der Waals surface area contributed by atoms with E-state index in [1.54, 1.807) is 0 Å². The van der Waals surface area contributed by atoms with E-state index in [1.165, 1.54) is 11.1 Å². The Bertz CT molecular complexity index is 787. The first kappa shape index (κ1) is 20.3. The van der Waals surface area contributed by atoms with E-state index < -0.39 is 8.32 Å². The van der Waals surface area contributed by atoms with Crippen LogP contribution in [0.4, 0.5) is 0 Å². The van der Waals surface area contributed by atoms with E-state index in [0.717, 1.165) is 21.3 Å². The lowest BCUT2D eigenvalue weighted by molar-refractivity contribution is 0.269. The topological polar surface area (TPSA) is 23.4 Å². The van der Waals surface area contributed by atoms with Crippen LogP contribution in [-0.2, 0) is 18.1 Å². The molecule has 5 heteroatoms. The smallest absolute Gasteiger partial charge is 0.192 e. The summed E-state index contributed by atoms with van der Waals surface area (Å²) in [5.41, 5.74) is 3.33. The highest BCUT2D eigenvalue weighted by atomic mass is 79.9. The average Bonchev–Trinajstić information content (AvgIpc) is 2.77.